The van der Waals surface area contributed by atoms with Gasteiger partial charge in [0.2, 0.25) is 5.91 Å². The number of carbonyl (C=O) groups excluding carboxylic acids is 1. The van der Waals surface area contributed by atoms with Gasteiger partial charge in [0.1, 0.15) is 0 Å². The van der Waals surface area contributed by atoms with E-state index in [0.29, 0.717) is 6.54 Å². The number of hydrogen-bond donors (Lipinski definition) is 2. The van der Waals surface area contributed by atoms with E-state index in [-0.39, 0.29) is 18.6 Å². The van der Waals surface area contributed by atoms with E-state index in [1.54, 1.807) is 0 Å². The summed E-state index contributed by atoms with van der Waals surface area (Å²) in [6.07, 6.45) is 0. The van der Waals surface area contributed by atoms with Crippen LogP contribution < -0.4 is 5.32 Å². The van der Waals surface area contributed by atoms with Crippen LogP contribution in [0.15, 0.2) is 28.7 Å². The predicted molar refractivity (Wildman–Crippen MR) is 76.6 cm³/mol. The Morgan fingerprint density at radius 2 is 2.17 bits per heavy atom. The number of rotatable bonds is 6. The van der Waals surface area contributed by atoms with E-state index >= 15 is 0 Å². The molecule has 0 aromatic heterocycles. The minimum atomic E-state index is -0.269. The van der Waals surface area contributed by atoms with Crippen LogP contribution in [0.5, 0.6) is 0 Å². The second-order valence-corrected chi connectivity index (χ2v) is 4.85. The van der Waals surface area contributed by atoms with Crippen LogP contribution in [0.2, 0.25) is 0 Å². The molecule has 100 valence electrons. The maximum Gasteiger partial charge on any atom is 0.241 e. The maximum atomic E-state index is 12.1. The van der Waals surface area contributed by atoms with Crippen LogP contribution in [0.1, 0.15) is 13.8 Å². The molecule has 1 atom stereocenters. The maximum absolute atomic E-state index is 12.1. The number of para-hydroxylation sites is 1. The summed E-state index contributed by atoms with van der Waals surface area (Å²) in [4.78, 5) is 14.0. The van der Waals surface area contributed by atoms with Gasteiger partial charge in [-0.3, -0.25) is 9.69 Å². The van der Waals surface area contributed by atoms with E-state index in [2.05, 4.69) is 21.2 Å². The van der Waals surface area contributed by atoms with Crippen molar-refractivity contribution in [2.75, 3.05) is 25.0 Å². The molecule has 0 saturated carbocycles. The number of aliphatic hydroxyl groups is 1. The second kappa shape index (κ2) is 7.51. The minimum absolute atomic E-state index is 0.0560. The van der Waals surface area contributed by atoms with Gasteiger partial charge in [-0.15, -0.1) is 0 Å². The molecule has 1 amide bonds. The molecule has 1 rings (SSSR count). The van der Waals surface area contributed by atoms with E-state index in [1.807, 2.05) is 43.0 Å². The van der Waals surface area contributed by atoms with Gasteiger partial charge in [-0.25, -0.2) is 0 Å². The molecule has 0 heterocycles. The highest BCUT2D eigenvalue weighted by molar-refractivity contribution is 9.10. The van der Waals surface area contributed by atoms with Crippen molar-refractivity contribution in [3.05, 3.63) is 28.7 Å². The molecule has 5 heteroatoms. The Balaban J connectivity index is 2.67. The molecule has 0 aliphatic heterocycles. The predicted octanol–water partition coefficient (Wildman–Crippen LogP) is 2.09. The first kappa shape index (κ1) is 15.1. The Morgan fingerprint density at radius 3 is 2.72 bits per heavy atom. The molecule has 4 nitrogen and oxygen atoms in total. The lowest BCUT2D eigenvalue weighted by Crippen LogP contribution is -2.43. The van der Waals surface area contributed by atoms with Gasteiger partial charge in [0, 0.05) is 11.0 Å². The highest BCUT2D eigenvalue weighted by Crippen LogP contribution is 2.21. The Kier molecular flexibility index (Phi) is 6.32. The van der Waals surface area contributed by atoms with Gasteiger partial charge in [0.15, 0.2) is 0 Å². The summed E-state index contributed by atoms with van der Waals surface area (Å²) in [5.41, 5.74) is 0.759. The van der Waals surface area contributed by atoms with Crippen molar-refractivity contribution in [2.24, 2.45) is 0 Å². The molecule has 0 fully saturated rings. The van der Waals surface area contributed by atoms with Crippen molar-refractivity contribution in [3.8, 4) is 0 Å². The second-order valence-electron chi connectivity index (χ2n) is 4.00. The first-order valence-electron chi connectivity index (χ1n) is 6.00. The van der Waals surface area contributed by atoms with E-state index in [4.69, 9.17) is 5.11 Å². The summed E-state index contributed by atoms with van der Waals surface area (Å²) < 4.78 is 0.857. The number of nitrogens with zero attached hydrogens (tertiary/aromatic N) is 1. The van der Waals surface area contributed by atoms with Crippen LogP contribution in [-0.2, 0) is 4.79 Å². The molecule has 0 saturated heterocycles. The highest BCUT2D eigenvalue weighted by Gasteiger charge is 2.19. The van der Waals surface area contributed by atoms with E-state index in [0.717, 1.165) is 16.7 Å². The third-order valence-corrected chi connectivity index (χ3v) is 3.54. The zero-order valence-corrected chi connectivity index (χ0v) is 12.3. The first-order chi connectivity index (χ1) is 8.60. The van der Waals surface area contributed by atoms with Crippen molar-refractivity contribution in [2.45, 2.75) is 19.9 Å². The fourth-order valence-electron chi connectivity index (χ4n) is 1.72. The van der Waals surface area contributed by atoms with Crippen molar-refractivity contribution in [1.29, 1.82) is 0 Å². The van der Waals surface area contributed by atoms with Gasteiger partial charge in [-0.1, -0.05) is 19.1 Å². The first-order valence-corrected chi connectivity index (χ1v) is 6.79. The fraction of sp³-hybridized carbons (Fsp3) is 0.462. The average molecular weight is 315 g/mol. The van der Waals surface area contributed by atoms with Gasteiger partial charge in [0.25, 0.3) is 0 Å². The molecule has 1 aromatic carbocycles. The molecule has 2 N–H and O–H groups in total. The van der Waals surface area contributed by atoms with Crippen LogP contribution in [-0.4, -0.2) is 41.7 Å². The number of anilines is 1. The SMILES string of the molecule is CCN(CCO)C(C)C(=O)Nc1ccccc1Br. The number of nitrogens with one attached hydrogen (secondary N) is 1. The Morgan fingerprint density at radius 1 is 1.50 bits per heavy atom. The average Bonchev–Trinajstić information content (AvgIpc) is 2.37. The number of aliphatic hydroxyl groups excluding tert-OH is 1. The third kappa shape index (κ3) is 4.08. The zero-order valence-electron chi connectivity index (χ0n) is 10.7. The topological polar surface area (TPSA) is 52.6 Å². The lowest BCUT2D eigenvalue weighted by molar-refractivity contribution is -0.120. The summed E-state index contributed by atoms with van der Waals surface area (Å²) in [7, 11) is 0. The summed E-state index contributed by atoms with van der Waals surface area (Å²) in [5.74, 6) is -0.0720. The van der Waals surface area contributed by atoms with Crippen LogP contribution in [0.3, 0.4) is 0 Å². The van der Waals surface area contributed by atoms with Gasteiger partial charge < -0.3 is 10.4 Å². The third-order valence-electron chi connectivity index (χ3n) is 2.85. The lowest BCUT2D eigenvalue weighted by atomic mass is 10.2. The van der Waals surface area contributed by atoms with Gasteiger partial charge in [-0.2, -0.15) is 0 Å². The molecule has 1 aromatic rings. The molecule has 18 heavy (non-hydrogen) atoms. The van der Waals surface area contributed by atoms with Gasteiger partial charge in [0.05, 0.1) is 18.3 Å². The minimum Gasteiger partial charge on any atom is -0.395 e. The molecule has 0 spiro atoms. The number of amides is 1. The Bertz CT molecular complexity index is 398. The summed E-state index contributed by atoms with van der Waals surface area (Å²) in [6.45, 7) is 5.09. The Hall–Kier alpha value is -0.910. The fourth-order valence-corrected chi connectivity index (χ4v) is 2.10. The monoisotopic (exact) mass is 314 g/mol. The van der Waals surface area contributed by atoms with E-state index < -0.39 is 0 Å². The number of hydrogen-bond acceptors (Lipinski definition) is 3. The number of benzene rings is 1. The largest absolute Gasteiger partial charge is 0.395 e. The van der Waals surface area contributed by atoms with Crippen LogP contribution in [0, 0.1) is 0 Å². The molecular formula is C13H19BrN2O2. The molecule has 0 radical (unpaired) electrons. The number of halogens is 1. The lowest BCUT2D eigenvalue weighted by Gasteiger charge is -2.26. The standard InChI is InChI=1S/C13H19BrN2O2/c1-3-16(8-9-17)10(2)13(18)15-12-7-5-4-6-11(12)14/h4-7,10,17H,3,8-9H2,1-2H3,(H,15,18). The molecule has 0 aliphatic rings. The highest BCUT2D eigenvalue weighted by atomic mass is 79.9. The van der Waals surface area contributed by atoms with Crippen molar-refractivity contribution >= 4 is 27.5 Å². The van der Waals surface area contributed by atoms with Crippen molar-refractivity contribution in [1.82, 2.24) is 4.90 Å². The number of carbonyl (C=O) groups is 1. The molecule has 1 unspecified atom stereocenters. The summed E-state index contributed by atoms with van der Waals surface area (Å²) in [6, 6.07) is 7.22. The quantitative estimate of drug-likeness (QED) is 0.845. The molecular weight excluding hydrogens is 296 g/mol. The van der Waals surface area contributed by atoms with Crippen LogP contribution in [0.4, 0.5) is 5.69 Å². The number of likely N-dealkylation sites (N-methyl/N-ethyl adjacent to an activating group) is 1. The zero-order chi connectivity index (χ0) is 13.5. The normalized spacial score (nSPS) is 12.5. The molecule has 0 bridgehead atoms. The van der Waals surface area contributed by atoms with Gasteiger partial charge >= 0.3 is 0 Å². The van der Waals surface area contributed by atoms with Crippen LogP contribution in [0.25, 0.3) is 0 Å². The smallest absolute Gasteiger partial charge is 0.241 e. The summed E-state index contributed by atoms with van der Waals surface area (Å²) >= 11 is 3.39. The Labute approximate surface area is 116 Å². The van der Waals surface area contributed by atoms with Crippen molar-refractivity contribution < 1.29 is 9.90 Å². The van der Waals surface area contributed by atoms with Gasteiger partial charge in [-0.05, 0) is 41.5 Å². The van der Waals surface area contributed by atoms with E-state index in [1.165, 1.54) is 0 Å². The van der Waals surface area contributed by atoms with Crippen molar-refractivity contribution in [3.63, 3.8) is 0 Å². The van der Waals surface area contributed by atoms with E-state index in [9.17, 15) is 4.79 Å². The van der Waals surface area contributed by atoms with Crippen LogP contribution >= 0.6 is 15.9 Å². The molecule has 0 aliphatic carbocycles. The summed E-state index contributed by atoms with van der Waals surface area (Å²) in [5, 5.41) is 11.8.